The minimum Gasteiger partial charge on any atom is -0.472 e. The van der Waals surface area contributed by atoms with E-state index in [4.69, 9.17) is 9.15 Å². The third kappa shape index (κ3) is 2.12. The van der Waals surface area contributed by atoms with E-state index >= 15 is 0 Å². The zero-order chi connectivity index (χ0) is 18.5. The van der Waals surface area contributed by atoms with Crippen LogP contribution in [0.1, 0.15) is 44.3 Å². The Morgan fingerprint density at radius 3 is 2.81 bits per heavy atom. The lowest BCUT2D eigenvalue weighted by Gasteiger charge is -2.58. The van der Waals surface area contributed by atoms with Crippen molar-refractivity contribution in [3.63, 3.8) is 0 Å². The number of allylic oxidation sites excluding steroid dienone is 1. The standard InChI is InChI=1S/C20H26O6/c1-12-7-17(23)20(11-22)14(9-21)3-2-4-16(20)19(12)8-15(26-18(19)24)13-5-6-25-10-13/h3,5-6,10,12,15-17,21-23H,2,4,7-9,11H2,1H3/t12-,15-,16+,17+,19-,20+/m0/s1. The number of hydrogen-bond donors (Lipinski definition) is 3. The second-order valence-electron chi connectivity index (χ2n) is 8.06. The van der Waals surface area contributed by atoms with Gasteiger partial charge in [-0.1, -0.05) is 13.0 Å². The molecule has 3 N–H and O–H groups in total. The van der Waals surface area contributed by atoms with Gasteiger partial charge in [-0.3, -0.25) is 4.79 Å². The van der Waals surface area contributed by atoms with Gasteiger partial charge in [0, 0.05) is 17.4 Å². The number of fused-ring (bicyclic) bond motifs is 2. The van der Waals surface area contributed by atoms with Crippen LogP contribution in [-0.2, 0) is 9.53 Å². The van der Waals surface area contributed by atoms with Crippen molar-refractivity contribution in [2.45, 2.75) is 44.8 Å². The number of carbonyl (C=O) groups excluding carboxylic acids is 1. The molecule has 6 nitrogen and oxygen atoms in total. The minimum atomic E-state index is -0.982. The van der Waals surface area contributed by atoms with Crippen LogP contribution in [0, 0.1) is 22.7 Å². The highest BCUT2D eigenvalue weighted by molar-refractivity contribution is 5.81. The number of esters is 1. The van der Waals surface area contributed by atoms with E-state index in [1.807, 2.05) is 13.0 Å². The van der Waals surface area contributed by atoms with E-state index < -0.39 is 16.9 Å². The molecule has 0 radical (unpaired) electrons. The van der Waals surface area contributed by atoms with Gasteiger partial charge in [-0.25, -0.2) is 0 Å². The van der Waals surface area contributed by atoms with Crippen molar-refractivity contribution in [1.29, 1.82) is 0 Å². The first kappa shape index (κ1) is 17.8. The molecule has 2 fully saturated rings. The van der Waals surface area contributed by atoms with Crippen LogP contribution < -0.4 is 0 Å². The Morgan fingerprint density at radius 1 is 1.35 bits per heavy atom. The van der Waals surface area contributed by atoms with Crippen molar-refractivity contribution in [2.24, 2.45) is 22.7 Å². The van der Waals surface area contributed by atoms with Gasteiger partial charge in [-0.05, 0) is 42.7 Å². The van der Waals surface area contributed by atoms with E-state index in [1.54, 1.807) is 18.6 Å². The normalized spacial score (nSPS) is 42.5. The molecule has 142 valence electrons. The smallest absolute Gasteiger partial charge is 0.313 e. The molecule has 1 aliphatic heterocycles. The van der Waals surface area contributed by atoms with Gasteiger partial charge < -0.3 is 24.5 Å². The topological polar surface area (TPSA) is 100 Å². The molecule has 26 heavy (non-hydrogen) atoms. The SMILES string of the molecule is C[C@H]1C[C@@H](O)[C@]2(CO)C(CO)=CCC[C@@H]2[C@]12C[C@@H](c1ccoc1)OC2=O. The molecule has 1 aromatic heterocycles. The summed E-state index contributed by atoms with van der Waals surface area (Å²) in [6.45, 7) is 1.47. The Hall–Kier alpha value is -1.63. The number of carbonyl (C=O) groups is 1. The summed E-state index contributed by atoms with van der Waals surface area (Å²) >= 11 is 0. The first-order chi connectivity index (χ1) is 12.5. The van der Waals surface area contributed by atoms with Crippen LogP contribution in [0.15, 0.2) is 34.7 Å². The first-order valence-electron chi connectivity index (χ1n) is 9.33. The predicted molar refractivity (Wildman–Crippen MR) is 91.8 cm³/mol. The summed E-state index contributed by atoms with van der Waals surface area (Å²) in [4.78, 5) is 13.2. The van der Waals surface area contributed by atoms with Crippen LogP contribution in [0.3, 0.4) is 0 Å². The summed E-state index contributed by atoms with van der Waals surface area (Å²) in [5.74, 6) is -0.606. The molecular weight excluding hydrogens is 336 g/mol. The molecule has 2 heterocycles. The van der Waals surface area contributed by atoms with Crippen molar-refractivity contribution >= 4 is 5.97 Å². The highest BCUT2D eigenvalue weighted by Crippen LogP contribution is 2.65. The van der Waals surface area contributed by atoms with Gasteiger partial charge in [0.05, 0.1) is 37.3 Å². The zero-order valence-corrected chi connectivity index (χ0v) is 14.9. The van der Waals surface area contributed by atoms with E-state index in [-0.39, 0.29) is 37.1 Å². The number of hydrogen-bond acceptors (Lipinski definition) is 6. The summed E-state index contributed by atoms with van der Waals surface area (Å²) < 4.78 is 10.9. The van der Waals surface area contributed by atoms with Crippen LogP contribution in [0.25, 0.3) is 0 Å². The molecule has 1 saturated heterocycles. The molecule has 0 aromatic carbocycles. The van der Waals surface area contributed by atoms with Crippen molar-refractivity contribution in [1.82, 2.24) is 0 Å². The number of aliphatic hydroxyl groups is 3. The van der Waals surface area contributed by atoms with Gasteiger partial charge in [-0.15, -0.1) is 0 Å². The summed E-state index contributed by atoms with van der Waals surface area (Å²) in [7, 11) is 0. The fourth-order valence-electron chi connectivity index (χ4n) is 5.89. The lowest BCUT2D eigenvalue weighted by atomic mass is 9.45. The van der Waals surface area contributed by atoms with Gasteiger partial charge in [0.15, 0.2) is 0 Å². The molecule has 0 unspecified atom stereocenters. The van der Waals surface area contributed by atoms with Crippen LogP contribution >= 0.6 is 0 Å². The highest BCUT2D eigenvalue weighted by atomic mass is 16.6. The molecule has 4 rings (SSSR count). The lowest BCUT2D eigenvalue weighted by molar-refractivity contribution is -0.179. The number of rotatable bonds is 3. The Morgan fingerprint density at radius 2 is 2.15 bits per heavy atom. The van der Waals surface area contributed by atoms with E-state index in [1.165, 1.54) is 0 Å². The molecule has 0 bridgehead atoms. The molecule has 6 atom stereocenters. The molecule has 1 saturated carbocycles. The third-order valence-corrected chi connectivity index (χ3v) is 7.24. The van der Waals surface area contributed by atoms with Crippen LogP contribution in [0.4, 0.5) is 0 Å². The van der Waals surface area contributed by atoms with Crippen LogP contribution in [-0.4, -0.2) is 40.6 Å². The summed E-state index contributed by atoms with van der Waals surface area (Å²) in [6.07, 6.45) is 6.19. The quantitative estimate of drug-likeness (QED) is 0.561. The predicted octanol–water partition coefficient (Wildman–Crippen LogP) is 1.96. The maximum Gasteiger partial charge on any atom is 0.313 e. The number of cyclic esters (lactones) is 1. The lowest BCUT2D eigenvalue weighted by Crippen LogP contribution is -2.62. The zero-order valence-electron chi connectivity index (χ0n) is 14.9. The van der Waals surface area contributed by atoms with Crippen molar-refractivity contribution in [3.05, 3.63) is 35.8 Å². The number of ether oxygens (including phenoxy) is 1. The number of furan rings is 1. The summed E-state index contributed by atoms with van der Waals surface area (Å²) in [5.41, 5.74) is -0.283. The van der Waals surface area contributed by atoms with Crippen molar-refractivity contribution < 1.29 is 29.3 Å². The van der Waals surface area contributed by atoms with Gasteiger partial charge in [-0.2, -0.15) is 0 Å². The largest absolute Gasteiger partial charge is 0.472 e. The van der Waals surface area contributed by atoms with Crippen molar-refractivity contribution in [2.75, 3.05) is 13.2 Å². The summed E-state index contributed by atoms with van der Waals surface area (Å²) in [5, 5.41) is 31.2. The average molecular weight is 362 g/mol. The average Bonchev–Trinajstić information content (AvgIpc) is 3.28. The minimum absolute atomic E-state index is 0.0791. The van der Waals surface area contributed by atoms with Gasteiger partial charge in [0.1, 0.15) is 6.10 Å². The van der Waals surface area contributed by atoms with Gasteiger partial charge >= 0.3 is 5.97 Å². The maximum atomic E-state index is 13.2. The molecule has 2 aliphatic carbocycles. The Bertz CT molecular complexity index is 710. The van der Waals surface area contributed by atoms with E-state index in [9.17, 15) is 20.1 Å². The van der Waals surface area contributed by atoms with Crippen LogP contribution in [0.2, 0.25) is 0 Å². The molecule has 3 aliphatic rings. The molecule has 6 heteroatoms. The molecule has 1 spiro atoms. The maximum absolute atomic E-state index is 13.2. The monoisotopic (exact) mass is 362 g/mol. The first-order valence-corrected chi connectivity index (χ1v) is 9.33. The highest BCUT2D eigenvalue weighted by Gasteiger charge is 2.68. The van der Waals surface area contributed by atoms with E-state index in [0.717, 1.165) is 5.56 Å². The van der Waals surface area contributed by atoms with Gasteiger partial charge in [0.2, 0.25) is 0 Å². The Kier molecular flexibility index (Phi) is 4.25. The molecular formula is C20H26O6. The second-order valence-corrected chi connectivity index (χ2v) is 8.06. The summed E-state index contributed by atoms with van der Waals surface area (Å²) in [6, 6.07) is 1.80. The fourth-order valence-corrected chi connectivity index (χ4v) is 5.89. The fraction of sp³-hybridized carbons (Fsp3) is 0.650. The van der Waals surface area contributed by atoms with E-state index in [2.05, 4.69) is 0 Å². The Balaban J connectivity index is 1.81. The van der Waals surface area contributed by atoms with Crippen LogP contribution in [0.5, 0.6) is 0 Å². The second kappa shape index (κ2) is 6.22. The molecule has 1 aromatic rings. The number of aliphatic hydroxyl groups excluding tert-OH is 3. The van der Waals surface area contributed by atoms with Gasteiger partial charge in [0.25, 0.3) is 0 Å². The van der Waals surface area contributed by atoms with E-state index in [0.29, 0.717) is 31.3 Å². The molecule has 0 amide bonds. The third-order valence-electron chi connectivity index (χ3n) is 7.24. The Labute approximate surface area is 152 Å². The van der Waals surface area contributed by atoms with Crippen molar-refractivity contribution in [3.8, 4) is 0 Å².